The molecule has 0 bridgehead atoms. The van der Waals surface area contributed by atoms with E-state index in [2.05, 4.69) is 36.1 Å². The molecule has 20 heavy (non-hydrogen) atoms. The first-order valence-corrected chi connectivity index (χ1v) is 7.82. The molecule has 1 N–H and O–H groups in total. The van der Waals surface area contributed by atoms with Crippen LogP contribution in [0.4, 0.5) is 0 Å². The van der Waals surface area contributed by atoms with Gasteiger partial charge in [0, 0.05) is 12.5 Å². The van der Waals surface area contributed by atoms with Crippen LogP contribution in [0.15, 0.2) is 6.20 Å². The highest BCUT2D eigenvalue weighted by molar-refractivity contribution is 5.25. The Morgan fingerprint density at radius 3 is 2.60 bits per heavy atom. The number of hydrogen-bond acceptors (Lipinski definition) is 4. The summed E-state index contributed by atoms with van der Waals surface area (Å²) in [5.74, 6) is 2.04. The molecule has 0 fully saturated rings. The first kappa shape index (κ1) is 16.9. The number of hydrogen-bond donors (Lipinski definition) is 1. The van der Waals surface area contributed by atoms with Crippen LogP contribution >= 0.6 is 0 Å². The Balaban J connectivity index is 2.51. The molecule has 0 saturated heterocycles. The summed E-state index contributed by atoms with van der Waals surface area (Å²) in [5, 5.41) is 3.14. The summed E-state index contributed by atoms with van der Waals surface area (Å²) in [5.41, 5.74) is 0.958. The molecular formula is C16H29N3O. The molecule has 1 aromatic heterocycles. The van der Waals surface area contributed by atoms with Gasteiger partial charge in [-0.1, -0.05) is 46.5 Å². The predicted molar refractivity (Wildman–Crippen MR) is 83.1 cm³/mol. The summed E-state index contributed by atoms with van der Waals surface area (Å²) in [6, 6.07) is 0. The van der Waals surface area contributed by atoms with Gasteiger partial charge in [0.1, 0.15) is 5.82 Å². The molecule has 0 unspecified atom stereocenters. The second kappa shape index (κ2) is 9.70. The van der Waals surface area contributed by atoms with Crippen molar-refractivity contribution in [2.45, 2.75) is 65.3 Å². The monoisotopic (exact) mass is 279 g/mol. The van der Waals surface area contributed by atoms with Gasteiger partial charge in [0.25, 0.3) is 0 Å². The number of ether oxygens (including phenoxy) is 1. The summed E-state index contributed by atoms with van der Waals surface area (Å²) >= 11 is 0. The fraction of sp³-hybridized carbons (Fsp3) is 0.750. The van der Waals surface area contributed by atoms with Crippen LogP contribution in [0.3, 0.4) is 0 Å². The van der Waals surface area contributed by atoms with Crippen LogP contribution < -0.4 is 10.1 Å². The van der Waals surface area contributed by atoms with Crippen molar-refractivity contribution < 1.29 is 4.74 Å². The quantitative estimate of drug-likeness (QED) is 0.664. The Hall–Kier alpha value is -1.16. The fourth-order valence-electron chi connectivity index (χ4n) is 2.00. The Morgan fingerprint density at radius 1 is 1.20 bits per heavy atom. The maximum atomic E-state index is 5.84. The number of nitrogens with one attached hydrogen (secondary N) is 1. The first-order valence-electron chi connectivity index (χ1n) is 7.82. The molecule has 114 valence electrons. The smallest absolute Gasteiger partial charge is 0.160 e. The van der Waals surface area contributed by atoms with Gasteiger partial charge in [-0.05, 0) is 13.5 Å². The second-order valence-corrected chi connectivity index (χ2v) is 5.49. The normalized spacial score (nSPS) is 11.1. The van der Waals surface area contributed by atoms with Crippen molar-refractivity contribution in [2.24, 2.45) is 0 Å². The summed E-state index contributed by atoms with van der Waals surface area (Å²) < 4.78 is 5.84. The van der Waals surface area contributed by atoms with Crippen molar-refractivity contribution in [1.29, 1.82) is 0 Å². The molecule has 1 aromatic rings. The summed E-state index contributed by atoms with van der Waals surface area (Å²) in [6.45, 7) is 7.91. The Kier molecular flexibility index (Phi) is 8.19. The highest BCUT2D eigenvalue weighted by Crippen LogP contribution is 2.19. The van der Waals surface area contributed by atoms with Crippen molar-refractivity contribution >= 4 is 0 Å². The molecule has 0 atom stereocenters. The minimum absolute atomic E-state index is 0.341. The van der Waals surface area contributed by atoms with E-state index in [1.54, 1.807) is 0 Å². The minimum Gasteiger partial charge on any atom is -0.490 e. The van der Waals surface area contributed by atoms with E-state index in [1.807, 2.05) is 13.2 Å². The van der Waals surface area contributed by atoms with Gasteiger partial charge in [0.2, 0.25) is 0 Å². The molecule has 0 amide bonds. The number of aromatic nitrogens is 2. The number of rotatable bonds is 10. The van der Waals surface area contributed by atoms with E-state index in [9.17, 15) is 0 Å². The third-order valence-corrected chi connectivity index (χ3v) is 3.21. The number of unbranched alkanes of at least 4 members (excludes halogenated alkanes) is 4. The van der Waals surface area contributed by atoms with E-state index < -0.39 is 0 Å². The number of nitrogens with zero attached hydrogens (tertiary/aromatic N) is 2. The summed E-state index contributed by atoms with van der Waals surface area (Å²) in [7, 11) is 1.92. The van der Waals surface area contributed by atoms with Crippen molar-refractivity contribution in [3.63, 3.8) is 0 Å². The lowest BCUT2D eigenvalue weighted by Crippen LogP contribution is -2.12. The molecule has 0 aliphatic rings. The predicted octanol–water partition coefficient (Wildman–Crippen LogP) is 3.67. The van der Waals surface area contributed by atoms with Crippen LogP contribution in [0.2, 0.25) is 0 Å². The molecule has 0 aliphatic carbocycles. The van der Waals surface area contributed by atoms with Crippen LogP contribution in [-0.2, 0) is 6.54 Å². The molecule has 0 aliphatic heterocycles. The van der Waals surface area contributed by atoms with Gasteiger partial charge in [0.15, 0.2) is 5.75 Å². The Labute approximate surface area is 123 Å². The van der Waals surface area contributed by atoms with Crippen molar-refractivity contribution in [3.05, 3.63) is 17.7 Å². The van der Waals surface area contributed by atoms with Gasteiger partial charge >= 0.3 is 0 Å². The van der Waals surface area contributed by atoms with Crippen LogP contribution in [0, 0.1) is 0 Å². The molecule has 1 rings (SSSR count). The SMILES string of the molecule is CCCCCCCOc1cnc(C(C)C)nc1CNC. The summed E-state index contributed by atoms with van der Waals surface area (Å²) in [4.78, 5) is 8.98. The van der Waals surface area contributed by atoms with E-state index >= 15 is 0 Å². The lowest BCUT2D eigenvalue weighted by molar-refractivity contribution is 0.297. The van der Waals surface area contributed by atoms with Crippen molar-refractivity contribution in [2.75, 3.05) is 13.7 Å². The van der Waals surface area contributed by atoms with Crippen LogP contribution in [-0.4, -0.2) is 23.6 Å². The standard InChI is InChI=1S/C16H29N3O/c1-5-6-7-8-9-10-20-15-12-18-16(13(2)3)19-14(15)11-17-4/h12-13,17H,5-11H2,1-4H3. The maximum absolute atomic E-state index is 5.84. The lowest BCUT2D eigenvalue weighted by atomic mass is 10.2. The van der Waals surface area contributed by atoms with E-state index in [0.29, 0.717) is 12.5 Å². The first-order chi connectivity index (χ1) is 9.69. The van der Waals surface area contributed by atoms with E-state index in [4.69, 9.17) is 4.74 Å². The summed E-state index contributed by atoms with van der Waals surface area (Å²) in [6.07, 6.45) is 8.05. The van der Waals surface area contributed by atoms with Gasteiger partial charge in [-0.3, -0.25) is 0 Å². The molecule has 0 spiro atoms. The largest absolute Gasteiger partial charge is 0.490 e. The van der Waals surface area contributed by atoms with Gasteiger partial charge < -0.3 is 10.1 Å². The fourth-order valence-corrected chi connectivity index (χ4v) is 2.00. The Bertz CT molecular complexity index is 380. The molecule has 4 nitrogen and oxygen atoms in total. The van der Waals surface area contributed by atoms with Gasteiger partial charge in [-0.25, -0.2) is 9.97 Å². The molecule has 0 aromatic carbocycles. The maximum Gasteiger partial charge on any atom is 0.160 e. The minimum atomic E-state index is 0.341. The average Bonchev–Trinajstić information content (AvgIpc) is 2.44. The van der Waals surface area contributed by atoms with Crippen LogP contribution in [0.5, 0.6) is 5.75 Å². The average molecular weight is 279 g/mol. The van der Waals surface area contributed by atoms with Crippen molar-refractivity contribution in [1.82, 2.24) is 15.3 Å². The van der Waals surface area contributed by atoms with Crippen LogP contribution in [0.1, 0.15) is 70.3 Å². The molecule has 0 saturated carbocycles. The van der Waals surface area contributed by atoms with E-state index in [0.717, 1.165) is 30.3 Å². The van der Waals surface area contributed by atoms with E-state index in [1.165, 1.54) is 25.7 Å². The highest BCUT2D eigenvalue weighted by atomic mass is 16.5. The zero-order chi connectivity index (χ0) is 14.8. The molecule has 1 heterocycles. The van der Waals surface area contributed by atoms with Gasteiger partial charge in [0.05, 0.1) is 18.5 Å². The highest BCUT2D eigenvalue weighted by Gasteiger charge is 2.10. The zero-order valence-electron chi connectivity index (χ0n) is 13.4. The third kappa shape index (κ3) is 5.87. The second-order valence-electron chi connectivity index (χ2n) is 5.49. The van der Waals surface area contributed by atoms with E-state index in [-0.39, 0.29) is 0 Å². The Morgan fingerprint density at radius 2 is 1.95 bits per heavy atom. The van der Waals surface area contributed by atoms with Crippen molar-refractivity contribution in [3.8, 4) is 5.75 Å². The molecular weight excluding hydrogens is 250 g/mol. The molecule has 0 radical (unpaired) electrons. The van der Waals surface area contributed by atoms with Crippen LogP contribution in [0.25, 0.3) is 0 Å². The van der Waals surface area contributed by atoms with Gasteiger partial charge in [-0.2, -0.15) is 0 Å². The zero-order valence-corrected chi connectivity index (χ0v) is 13.4. The van der Waals surface area contributed by atoms with Gasteiger partial charge in [-0.15, -0.1) is 0 Å². The third-order valence-electron chi connectivity index (χ3n) is 3.21. The lowest BCUT2D eigenvalue weighted by Gasteiger charge is -2.12. The molecule has 4 heteroatoms. The topological polar surface area (TPSA) is 47.0 Å².